The molecule has 1 aromatic rings. The molecule has 2 heteroatoms. The summed E-state index contributed by atoms with van der Waals surface area (Å²) in [5.74, 6) is 0.891. The lowest BCUT2D eigenvalue weighted by molar-refractivity contribution is 0.410. The van der Waals surface area contributed by atoms with Gasteiger partial charge < -0.3 is 10.5 Å². The van der Waals surface area contributed by atoms with Crippen molar-refractivity contribution in [2.45, 2.75) is 19.4 Å². The summed E-state index contributed by atoms with van der Waals surface area (Å²) in [6.45, 7) is 5.69. The molecular weight excluding hydrogens is 174 g/mol. The number of nitrogens with two attached hydrogens (primary N) is 1. The van der Waals surface area contributed by atoms with Gasteiger partial charge in [-0.1, -0.05) is 18.2 Å². The van der Waals surface area contributed by atoms with E-state index in [2.05, 4.69) is 6.58 Å². The van der Waals surface area contributed by atoms with E-state index in [0.717, 1.165) is 23.3 Å². The second-order valence-corrected chi connectivity index (χ2v) is 3.36. The van der Waals surface area contributed by atoms with Crippen LogP contribution in [0.25, 0.3) is 0 Å². The summed E-state index contributed by atoms with van der Waals surface area (Å²) in [4.78, 5) is 0. The fourth-order valence-corrected chi connectivity index (χ4v) is 1.38. The Hall–Kier alpha value is -1.28. The van der Waals surface area contributed by atoms with Crippen LogP contribution in [-0.2, 0) is 0 Å². The SMILES string of the molecule is C=CCC(N)c1ccc(C)c(OC)c1. The Labute approximate surface area is 85.4 Å². The molecule has 0 radical (unpaired) electrons. The van der Waals surface area contributed by atoms with Crippen molar-refractivity contribution in [2.24, 2.45) is 5.73 Å². The molecule has 0 amide bonds. The number of aryl methyl sites for hydroxylation is 1. The number of benzene rings is 1. The second kappa shape index (κ2) is 4.82. The first-order valence-electron chi connectivity index (χ1n) is 4.70. The Balaban J connectivity index is 2.93. The predicted molar refractivity (Wildman–Crippen MR) is 59.5 cm³/mol. The highest BCUT2D eigenvalue weighted by Crippen LogP contribution is 2.23. The summed E-state index contributed by atoms with van der Waals surface area (Å²) in [7, 11) is 1.67. The van der Waals surface area contributed by atoms with Gasteiger partial charge in [-0.15, -0.1) is 6.58 Å². The minimum atomic E-state index is 0.0157. The molecule has 0 aromatic heterocycles. The lowest BCUT2D eigenvalue weighted by Crippen LogP contribution is -2.09. The van der Waals surface area contributed by atoms with E-state index in [1.807, 2.05) is 31.2 Å². The van der Waals surface area contributed by atoms with Crippen LogP contribution in [0.15, 0.2) is 30.9 Å². The largest absolute Gasteiger partial charge is 0.496 e. The van der Waals surface area contributed by atoms with E-state index in [0.29, 0.717) is 0 Å². The van der Waals surface area contributed by atoms with Gasteiger partial charge >= 0.3 is 0 Å². The van der Waals surface area contributed by atoms with Gasteiger partial charge in [-0.2, -0.15) is 0 Å². The van der Waals surface area contributed by atoms with Crippen molar-refractivity contribution >= 4 is 0 Å². The molecule has 2 N–H and O–H groups in total. The van der Waals surface area contributed by atoms with Crippen LogP contribution < -0.4 is 10.5 Å². The number of methoxy groups -OCH3 is 1. The molecule has 0 saturated heterocycles. The van der Waals surface area contributed by atoms with Crippen LogP contribution in [0.2, 0.25) is 0 Å². The summed E-state index contributed by atoms with van der Waals surface area (Å²) in [5, 5.41) is 0. The van der Waals surface area contributed by atoms with Gasteiger partial charge in [0.2, 0.25) is 0 Å². The van der Waals surface area contributed by atoms with E-state index in [-0.39, 0.29) is 6.04 Å². The summed E-state index contributed by atoms with van der Waals surface area (Å²) in [5.41, 5.74) is 8.17. The normalized spacial score (nSPS) is 12.2. The fraction of sp³-hybridized carbons (Fsp3) is 0.333. The van der Waals surface area contributed by atoms with Crippen LogP contribution in [-0.4, -0.2) is 7.11 Å². The van der Waals surface area contributed by atoms with Crippen molar-refractivity contribution in [2.75, 3.05) is 7.11 Å². The molecule has 1 aromatic carbocycles. The smallest absolute Gasteiger partial charge is 0.122 e. The summed E-state index contributed by atoms with van der Waals surface area (Å²) in [6.07, 6.45) is 2.61. The van der Waals surface area contributed by atoms with Crippen molar-refractivity contribution in [3.05, 3.63) is 42.0 Å². The molecule has 0 heterocycles. The Morgan fingerprint density at radius 2 is 2.29 bits per heavy atom. The van der Waals surface area contributed by atoms with Gasteiger partial charge in [-0.05, 0) is 30.5 Å². The maximum absolute atomic E-state index is 5.95. The van der Waals surface area contributed by atoms with Gasteiger partial charge in [-0.3, -0.25) is 0 Å². The first-order chi connectivity index (χ1) is 6.69. The summed E-state index contributed by atoms with van der Waals surface area (Å²) in [6, 6.07) is 6.06. The van der Waals surface area contributed by atoms with Gasteiger partial charge in [0.1, 0.15) is 5.75 Å². The maximum atomic E-state index is 5.95. The van der Waals surface area contributed by atoms with Crippen LogP contribution >= 0.6 is 0 Å². The Morgan fingerprint density at radius 3 is 2.86 bits per heavy atom. The minimum absolute atomic E-state index is 0.0157. The zero-order valence-corrected chi connectivity index (χ0v) is 8.79. The molecule has 76 valence electrons. The first kappa shape index (κ1) is 10.8. The highest BCUT2D eigenvalue weighted by molar-refractivity contribution is 5.37. The highest BCUT2D eigenvalue weighted by Gasteiger charge is 2.06. The third-order valence-corrected chi connectivity index (χ3v) is 2.28. The molecule has 0 aliphatic heterocycles. The summed E-state index contributed by atoms with van der Waals surface area (Å²) >= 11 is 0. The van der Waals surface area contributed by atoms with Crippen LogP contribution in [0.4, 0.5) is 0 Å². The molecule has 0 aliphatic rings. The van der Waals surface area contributed by atoms with Crippen molar-refractivity contribution in [3.63, 3.8) is 0 Å². The topological polar surface area (TPSA) is 35.2 Å². The second-order valence-electron chi connectivity index (χ2n) is 3.36. The first-order valence-corrected chi connectivity index (χ1v) is 4.70. The van der Waals surface area contributed by atoms with Gasteiger partial charge in [0.25, 0.3) is 0 Å². The molecule has 1 unspecified atom stereocenters. The zero-order chi connectivity index (χ0) is 10.6. The molecule has 0 fully saturated rings. The van der Waals surface area contributed by atoms with E-state index < -0.39 is 0 Å². The van der Waals surface area contributed by atoms with E-state index in [9.17, 15) is 0 Å². The Kier molecular flexibility index (Phi) is 3.72. The highest BCUT2D eigenvalue weighted by atomic mass is 16.5. The number of rotatable bonds is 4. The van der Waals surface area contributed by atoms with Gasteiger partial charge in [-0.25, -0.2) is 0 Å². The summed E-state index contributed by atoms with van der Waals surface area (Å²) < 4.78 is 5.23. The van der Waals surface area contributed by atoms with E-state index in [1.165, 1.54) is 0 Å². The number of ether oxygens (including phenoxy) is 1. The van der Waals surface area contributed by atoms with Gasteiger partial charge in [0.05, 0.1) is 7.11 Å². The Morgan fingerprint density at radius 1 is 1.57 bits per heavy atom. The van der Waals surface area contributed by atoms with Crippen LogP contribution in [0.5, 0.6) is 5.75 Å². The quantitative estimate of drug-likeness (QED) is 0.742. The lowest BCUT2D eigenvalue weighted by atomic mass is 10.0. The maximum Gasteiger partial charge on any atom is 0.122 e. The standard InChI is InChI=1S/C12H17NO/c1-4-5-11(13)10-7-6-9(2)12(8-10)14-3/h4,6-8,11H,1,5,13H2,2-3H3. The lowest BCUT2D eigenvalue weighted by Gasteiger charge is -2.12. The number of hydrogen-bond acceptors (Lipinski definition) is 2. The van der Waals surface area contributed by atoms with Crippen molar-refractivity contribution < 1.29 is 4.74 Å². The van der Waals surface area contributed by atoms with Crippen LogP contribution in [0.3, 0.4) is 0 Å². The van der Waals surface area contributed by atoms with E-state index >= 15 is 0 Å². The Bertz CT molecular complexity index is 320. The van der Waals surface area contributed by atoms with E-state index in [1.54, 1.807) is 7.11 Å². The van der Waals surface area contributed by atoms with Crippen LogP contribution in [0.1, 0.15) is 23.6 Å². The van der Waals surface area contributed by atoms with E-state index in [4.69, 9.17) is 10.5 Å². The average molecular weight is 191 g/mol. The third-order valence-electron chi connectivity index (χ3n) is 2.28. The molecule has 0 saturated carbocycles. The van der Waals surface area contributed by atoms with Crippen molar-refractivity contribution in [1.29, 1.82) is 0 Å². The van der Waals surface area contributed by atoms with Gasteiger partial charge in [0, 0.05) is 6.04 Å². The fourth-order valence-electron chi connectivity index (χ4n) is 1.38. The molecule has 0 bridgehead atoms. The zero-order valence-electron chi connectivity index (χ0n) is 8.79. The minimum Gasteiger partial charge on any atom is -0.496 e. The monoisotopic (exact) mass is 191 g/mol. The molecule has 1 atom stereocenters. The molecule has 0 spiro atoms. The van der Waals surface area contributed by atoms with Crippen LogP contribution in [0, 0.1) is 6.92 Å². The third kappa shape index (κ3) is 2.36. The molecule has 14 heavy (non-hydrogen) atoms. The van der Waals surface area contributed by atoms with Gasteiger partial charge in [0.15, 0.2) is 0 Å². The van der Waals surface area contributed by atoms with Crippen molar-refractivity contribution in [1.82, 2.24) is 0 Å². The molecule has 1 rings (SSSR count). The molecular formula is C12H17NO. The predicted octanol–water partition coefficient (Wildman–Crippen LogP) is 2.58. The number of hydrogen-bond donors (Lipinski definition) is 1. The van der Waals surface area contributed by atoms with Crippen molar-refractivity contribution in [3.8, 4) is 5.75 Å². The molecule has 0 aliphatic carbocycles. The molecule has 2 nitrogen and oxygen atoms in total. The average Bonchev–Trinajstić information content (AvgIpc) is 2.19.